The Hall–Kier alpha value is -3.53. The van der Waals surface area contributed by atoms with Crippen LogP contribution in [0.15, 0.2) is 85.1 Å². The second kappa shape index (κ2) is 12.0. The smallest absolute Gasteiger partial charge is 0.0777 e. The van der Waals surface area contributed by atoms with Gasteiger partial charge in [-0.2, -0.15) is 0 Å². The fourth-order valence-corrected chi connectivity index (χ4v) is 7.14. The number of hydrogen-bond donors (Lipinski definition) is 0. The quantitative estimate of drug-likeness (QED) is 0.174. The molecular formula is C37H36IrN4-2. The van der Waals surface area contributed by atoms with Crippen LogP contribution in [-0.4, -0.2) is 20.6 Å². The van der Waals surface area contributed by atoms with Gasteiger partial charge in [-0.3, -0.25) is 4.98 Å². The molecule has 1 atom stereocenters. The van der Waals surface area contributed by atoms with E-state index >= 15 is 0 Å². The zero-order valence-corrected chi connectivity index (χ0v) is 26.9. The van der Waals surface area contributed by atoms with Gasteiger partial charge in [0, 0.05) is 50.5 Å². The van der Waals surface area contributed by atoms with Crippen LogP contribution in [-0.2, 0) is 26.7 Å². The van der Waals surface area contributed by atoms with Crippen LogP contribution in [0.4, 0.5) is 5.69 Å². The molecule has 0 amide bonds. The van der Waals surface area contributed by atoms with Gasteiger partial charge in [0.2, 0.25) is 0 Å². The molecule has 5 aromatic rings. The summed E-state index contributed by atoms with van der Waals surface area (Å²) in [5.74, 6) is 1.78. The van der Waals surface area contributed by atoms with Crippen LogP contribution in [0, 0.1) is 18.1 Å². The maximum absolute atomic E-state index is 4.91. The number of fused-ring (bicyclic) bond motifs is 3. The molecule has 42 heavy (non-hydrogen) atoms. The number of benzene rings is 3. The van der Waals surface area contributed by atoms with Gasteiger partial charge in [0.15, 0.2) is 0 Å². The summed E-state index contributed by atoms with van der Waals surface area (Å²) < 4.78 is 2.36. The number of imidazole rings is 1. The van der Waals surface area contributed by atoms with Gasteiger partial charge in [0.25, 0.3) is 0 Å². The predicted octanol–water partition coefficient (Wildman–Crippen LogP) is 8.93. The first kappa shape index (κ1) is 28.6. The number of anilines is 1. The van der Waals surface area contributed by atoms with E-state index in [4.69, 9.17) is 4.98 Å². The molecule has 4 heterocycles. The third-order valence-electron chi connectivity index (χ3n) is 8.93. The summed E-state index contributed by atoms with van der Waals surface area (Å²) in [5.41, 5.74) is 11.2. The van der Waals surface area contributed by atoms with Crippen molar-refractivity contribution in [2.75, 3.05) is 4.90 Å². The van der Waals surface area contributed by atoms with Crippen LogP contribution in [0.2, 0.25) is 0 Å². The van der Waals surface area contributed by atoms with E-state index in [0.717, 1.165) is 40.6 Å². The molecular weight excluding hydrogens is 693 g/mol. The van der Waals surface area contributed by atoms with Crippen LogP contribution in [0.1, 0.15) is 63.6 Å². The van der Waals surface area contributed by atoms with Crippen molar-refractivity contribution < 1.29 is 20.1 Å². The van der Waals surface area contributed by atoms with Crippen molar-refractivity contribution >= 4 is 22.3 Å². The summed E-state index contributed by atoms with van der Waals surface area (Å²) in [7, 11) is 0. The van der Waals surface area contributed by atoms with Gasteiger partial charge in [-0.05, 0) is 74.2 Å². The largest absolute Gasteiger partial charge is 0.403 e. The topological polar surface area (TPSA) is 34.0 Å². The molecule has 0 bridgehead atoms. The third-order valence-corrected chi connectivity index (χ3v) is 8.93. The molecule has 2 aliphatic heterocycles. The summed E-state index contributed by atoms with van der Waals surface area (Å²) >= 11 is 0. The number of para-hydroxylation sites is 1. The molecule has 0 spiro atoms. The first-order chi connectivity index (χ1) is 20.1. The minimum atomic E-state index is 0. The van der Waals surface area contributed by atoms with Crippen molar-refractivity contribution in [3.05, 3.63) is 108 Å². The molecule has 1 unspecified atom stereocenters. The molecule has 5 heteroatoms. The third kappa shape index (κ3) is 4.93. The Kier molecular flexibility index (Phi) is 8.16. The Bertz CT molecular complexity index is 1730. The van der Waals surface area contributed by atoms with Gasteiger partial charge in [0.1, 0.15) is 0 Å². The summed E-state index contributed by atoms with van der Waals surface area (Å²) in [5, 5.41) is 0. The van der Waals surface area contributed by atoms with Crippen molar-refractivity contribution in [2.24, 2.45) is 5.92 Å². The summed E-state index contributed by atoms with van der Waals surface area (Å²) in [6.07, 6.45) is 9.74. The van der Waals surface area contributed by atoms with E-state index in [-0.39, 0.29) is 20.1 Å². The van der Waals surface area contributed by atoms with Crippen LogP contribution < -0.4 is 4.90 Å². The maximum Gasteiger partial charge on any atom is 0.0777 e. The van der Waals surface area contributed by atoms with Gasteiger partial charge in [0.05, 0.1) is 16.9 Å². The van der Waals surface area contributed by atoms with E-state index in [2.05, 4.69) is 102 Å². The number of aromatic nitrogens is 3. The standard InChI is InChI=1S/C21H19N2.C16H17N2.Ir/c1-2-9-16(10-3-1)21-22-19-12-6-11-18-17(15-7-4-5-8-15)13-14-23(21)20(18)19;1-11(2)18-12(3)13-8-6-10-17-16(13)14-7-4-5-9-15(14)18;/h1-3,6,9,11-13,15H,4-5,7-8,14H2;4-6,8-12H,1-3H3;/q2*-1;. The number of pyridine rings is 1. The molecule has 1 saturated carbocycles. The predicted molar refractivity (Wildman–Crippen MR) is 168 cm³/mol. The van der Waals surface area contributed by atoms with Crippen LogP contribution in [0.25, 0.3) is 39.3 Å². The second-order valence-electron chi connectivity index (χ2n) is 11.7. The van der Waals surface area contributed by atoms with Gasteiger partial charge in [-0.15, -0.1) is 65.7 Å². The van der Waals surface area contributed by atoms with E-state index in [1.54, 1.807) is 5.57 Å². The molecule has 4 nitrogen and oxygen atoms in total. The molecule has 0 saturated heterocycles. The van der Waals surface area contributed by atoms with E-state index in [0.29, 0.717) is 12.1 Å². The Morgan fingerprint density at radius 3 is 2.52 bits per heavy atom. The minimum Gasteiger partial charge on any atom is -0.403 e. The summed E-state index contributed by atoms with van der Waals surface area (Å²) in [6, 6.07) is 32.6. The molecule has 1 fully saturated rings. The minimum absolute atomic E-state index is 0. The molecule has 0 N–H and O–H groups in total. The van der Waals surface area contributed by atoms with Gasteiger partial charge in [-0.1, -0.05) is 37.1 Å². The Morgan fingerprint density at radius 1 is 0.905 bits per heavy atom. The van der Waals surface area contributed by atoms with Crippen LogP contribution in [0.5, 0.6) is 0 Å². The number of nitrogens with zero attached hydrogens (tertiary/aromatic N) is 4. The van der Waals surface area contributed by atoms with Crippen molar-refractivity contribution in [3.63, 3.8) is 0 Å². The number of rotatable bonds is 3. The van der Waals surface area contributed by atoms with E-state index in [1.165, 1.54) is 48.0 Å². The molecule has 3 aliphatic rings. The number of hydrogen-bond acceptors (Lipinski definition) is 3. The van der Waals surface area contributed by atoms with Gasteiger partial charge < -0.3 is 14.5 Å². The maximum atomic E-state index is 4.91. The average Bonchev–Trinajstić information content (AvgIpc) is 3.68. The first-order valence-electron chi connectivity index (χ1n) is 15.0. The zero-order chi connectivity index (χ0) is 27.9. The summed E-state index contributed by atoms with van der Waals surface area (Å²) in [4.78, 5) is 11.9. The van der Waals surface area contributed by atoms with Crippen molar-refractivity contribution in [2.45, 2.75) is 65.1 Å². The Balaban J connectivity index is 0.000000151. The SMILES string of the molecule is CC(C)N1c2ccc[c-]c2-c2ncccc2C1C.[Ir].[c-]1ccccc1-c1nc2cccc3c2n1CC=C3C1CCCC1. The zero-order valence-electron chi connectivity index (χ0n) is 24.5. The molecule has 8 rings (SSSR count). The fraction of sp³-hybridized carbons (Fsp3) is 0.297. The average molecular weight is 729 g/mol. The van der Waals surface area contributed by atoms with E-state index < -0.39 is 0 Å². The second-order valence-corrected chi connectivity index (χ2v) is 11.7. The fourth-order valence-electron chi connectivity index (χ4n) is 7.14. The first-order valence-corrected chi connectivity index (χ1v) is 15.0. The van der Waals surface area contributed by atoms with Gasteiger partial charge >= 0.3 is 0 Å². The van der Waals surface area contributed by atoms with Crippen LogP contribution in [0.3, 0.4) is 0 Å². The van der Waals surface area contributed by atoms with Crippen molar-refractivity contribution in [1.82, 2.24) is 14.5 Å². The molecule has 215 valence electrons. The molecule has 1 radical (unpaired) electrons. The van der Waals surface area contributed by atoms with Gasteiger partial charge in [-0.25, -0.2) is 0 Å². The summed E-state index contributed by atoms with van der Waals surface area (Å²) in [6.45, 7) is 7.64. The van der Waals surface area contributed by atoms with Crippen molar-refractivity contribution in [1.29, 1.82) is 0 Å². The monoisotopic (exact) mass is 729 g/mol. The molecule has 1 aliphatic carbocycles. The van der Waals surface area contributed by atoms with E-state index in [9.17, 15) is 0 Å². The number of allylic oxidation sites excluding steroid dienone is 2. The van der Waals surface area contributed by atoms with Crippen molar-refractivity contribution in [3.8, 4) is 22.6 Å². The van der Waals surface area contributed by atoms with Crippen LogP contribution >= 0.6 is 0 Å². The Labute approximate surface area is 262 Å². The molecule has 2 aromatic heterocycles. The van der Waals surface area contributed by atoms with E-state index in [1.807, 2.05) is 30.5 Å². The molecule has 3 aromatic carbocycles. The Morgan fingerprint density at radius 2 is 1.74 bits per heavy atom. The normalized spacial score (nSPS) is 17.2.